The Labute approximate surface area is 194 Å². The van der Waals surface area contributed by atoms with E-state index >= 15 is 0 Å². The molecule has 1 atom stereocenters. The molecule has 1 unspecified atom stereocenters. The van der Waals surface area contributed by atoms with Crippen LogP contribution >= 0.6 is 0 Å². The van der Waals surface area contributed by atoms with Gasteiger partial charge in [0.2, 0.25) is 0 Å². The van der Waals surface area contributed by atoms with Crippen LogP contribution in [0.4, 0.5) is 14.6 Å². The van der Waals surface area contributed by atoms with E-state index in [0.717, 1.165) is 11.3 Å². The second-order valence-electron chi connectivity index (χ2n) is 7.78. The fourth-order valence-corrected chi connectivity index (χ4v) is 3.73. The van der Waals surface area contributed by atoms with Gasteiger partial charge in [0, 0.05) is 30.6 Å². The van der Waals surface area contributed by atoms with E-state index in [2.05, 4.69) is 15.4 Å². The first-order valence-corrected chi connectivity index (χ1v) is 10.5. The van der Waals surface area contributed by atoms with Crippen molar-refractivity contribution in [1.82, 2.24) is 20.1 Å². The average Bonchev–Trinajstić information content (AvgIpc) is 3.28. The van der Waals surface area contributed by atoms with Crippen LogP contribution in [0.25, 0.3) is 22.4 Å². The monoisotopic (exact) mass is 463 g/mol. The third-order valence-corrected chi connectivity index (χ3v) is 5.56. The molecule has 7 nitrogen and oxygen atoms in total. The maximum Gasteiger partial charge on any atom is 0.254 e. The van der Waals surface area contributed by atoms with Crippen LogP contribution in [0, 0.1) is 5.82 Å². The summed E-state index contributed by atoms with van der Waals surface area (Å²) in [6.07, 6.45) is 3.27. The molecule has 0 bridgehead atoms. The molecule has 0 aliphatic heterocycles. The summed E-state index contributed by atoms with van der Waals surface area (Å²) in [5.41, 5.74) is 9.33. The van der Waals surface area contributed by atoms with Crippen molar-refractivity contribution < 1.29 is 18.7 Å². The Hall–Kier alpha value is -4.11. The number of aliphatic hydroxyl groups is 1. The molecule has 0 fully saturated rings. The van der Waals surface area contributed by atoms with Gasteiger partial charge >= 0.3 is 0 Å². The zero-order chi connectivity index (χ0) is 24.2. The molecule has 2 aromatic heterocycles. The molecule has 0 aliphatic carbocycles. The van der Waals surface area contributed by atoms with E-state index in [1.54, 1.807) is 60.5 Å². The van der Waals surface area contributed by atoms with Crippen molar-refractivity contribution in [3.63, 3.8) is 0 Å². The molecule has 2 heterocycles. The van der Waals surface area contributed by atoms with Crippen molar-refractivity contribution in [2.24, 2.45) is 7.05 Å². The van der Waals surface area contributed by atoms with Crippen LogP contribution in [-0.2, 0) is 13.7 Å². The lowest BCUT2D eigenvalue weighted by molar-refractivity contribution is 0.0912. The van der Waals surface area contributed by atoms with Crippen molar-refractivity contribution in [1.29, 1.82) is 0 Å². The number of anilines is 1. The second kappa shape index (κ2) is 9.80. The van der Waals surface area contributed by atoms with Crippen molar-refractivity contribution in [2.45, 2.75) is 12.7 Å². The first-order valence-electron chi connectivity index (χ1n) is 10.5. The molecule has 9 heteroatoms. The molecular formula is C25H23F2N5O2. The molecule has 0 spiro atoms. The number of aliphatic hydroxyl groups excluding tert-OH is 1. The molecule has 4 rings (SSSR count). The molecule has 174 valence electrons. The predicted octanol–water partition coefficient (Wildman–Crippen LogP) is 3.80. The first kappa shape index (κ1) is 23.1. The van der Waals surface area contributed by atoms with Crippen molar-refractivity contribution in [3.8, 4) is 22.4 Å². The topological polar surface area (TPSA) is 106 Å². The summed E-state index contributed by atoms with van der Waals surface area (Å²) in [5.74, 6) is -1.24. The van der Waals surface area contributed by atoms with Gasteiger partial charge in [0.05, 0.1) is 23.9 Å². The quantitative estimate of drug-likeness (QED) is 0.387. The lowest BCUT2D eigenvalue weighted by Gasteiger charge is -2.18. The van der Waals surface area contributed by atoms with Gasteiger partial charge in [0.1, 0.15) is 18.3 Å². The largest absolute Gasteiger partial charge is 0.394 e. The van der Waals surface area contributed by atoms with Crippen LogP contribution in [0.2, 0.25) is 0 Å². The van der Waals surface area contributed by atoms with E-state index in [0.29, 0.717) is 22.3 Å². The molecule has 0 radical (unpaired) electrons. The number of carbonyl (C=O) groups excluding carboxylic acids is 1. The highest BCUT2D eigenvalue weighted by atomic mass is 19.1. The molecule has 0 saturated carbocycles. The number of carbonyl (C=O) groups is 1. The summed E-state index contributed by atoms with van der Waals surface area (Å²) in [4.78, 5) is 17.0. The maximum absolute atomic E-state index is 15.0. The standard InChI is InChI=1S/C25H23F2N5O2/c1-32-23(7-8-30-32)18-10-20(24(28)29-13-18)16-5-6-19(21(27)11-16)25(34)31-22(14-33)17-4-2-3-15(9-17)12-26/h2-11,13,22,33H,12,14H2,1H3,(H2,28,29)(H,31,34). The number of nitrogens with two attached hydrogens (primary N) is 1. The van der Waals surface area contributed by atoms with E-state index in [9.17, 15) is 18.7 Å². The second-order valence-corrected chi connectivity index (χ2v) is 7.78. The fraction of sp³-hybridized carbons (Fsp3) is 0.160. The Bertz CT molecular complexity index is 1340. The van der Waals surface area contributed by atoms with Gasteiger partial charge < -0.3 is 16.2 Å². The van der Waals surface area contributed by atoms with Crippen molar-refractivity contribution >= 4 is 11.7 Å². The number of pyridine rings is 1. The maximum atomic E-state index is 15.0. The number of nitrogen functional groups attached to an aromatic ring is 1. The summed E-state index contributed by atoms with van der Waals surface area (Å²) in [5, 5.41) is 16.5. The van der Waals surface area contributed by atoms with E-state index in [-0.39, 0.29) is 11.4 Å². The zero-order valence-corrected chi connectivity index (χ0v) is 18.4. The number of nitrogens with one attached hydrogen (secondary N) is 1. The molecule has 4 aromatic rings. The highest BCUT2D eigenvalue weighted by Gasteiger charge is 2.19. The molecule has 4 N–H and O–H groups in total. The van der Waals surface area contributed by atoms with Gasteiger partial charge in [-0.1, -0.05) is 30.3 Å². The SMILES string of the molecule is Cn1nccc1-c1cnc(N)c(-c2ccc(C(=O)NC(CO)c3cccc(CF)c3)c(F)c2)c1. The number of alkyl halides is 1. The summed E-state index contributed by atoms with van der Waals surface area (Å²) in [6.45, 7) is -1.10. The third-order valence-electron chi connectivity index (χ3n) is 5.56. The summed E-state index contributed by atoms with van der Waals surface area (Å²) < 4.78 is 29.6. The lowest BCUT2D eigenvalue weighted by atomic mass is 10.0. The number of amides is 1. The Morgan fingerprint density at radius 3 is 2.68 bits per heavy atom. The average molecular weight is 463 g/mol. The van der Waals surface area contributed by atoms with Gasteiger partial charge in [0.25, 0.3) is 5.91 Å². The molecule has 0 aliphatic rings. The van der Waals surface area contributed by atoms with E-state index < -0.39 is 31.0 Å². The smallest absolute Gasteiger partial charge is 0.254 e. The normalized spacial score (nSPS) is 11.9. The molecular weight excluding hydrogens is 440 g/mol. The van der Waals surface area contributed by atoms with Gasteiger partial charge in [-0.05, 0) is 41.0 Å². The highest BCUT2D eigenvalue weighted by Crippen LogP contribution is 2.30. The lowest BCUT2D eigenvalue weighted by Crippen LogP contribution is -2.31. The minimum atomic E-state index is -0.812. The van der Waals surface area contributed by atoms with Gasteiger partial charge in [-0.3, -0.25) is 9.48 Å². The number of aryl methyl sites for hydroxylation is 1. The zero-order valence-electron chi connectivity index (χ0n) is 18.4. The molecule has 34 heavy (non-hydrogen) atoms. The summed E-state index contributed by atoms with van der Waals surface area (Å²) in [6, 6.07) is 13.4. The Morgan fingerprint density at radius 2 is 2.00 bits per heavy atom. The minimum absolute atomic E-state index is 0.196. The third kappa shape index (κ3) is 4.65. The number of aromatic nitrogens is 3. The van der Waals surface area contributed by atoms with Crippen LogP contribution in [-0.4, -0.2) is 32.4 Å². The minimum Gasteiger partial charge on any atom is -0.394 e. The first-order chi connectivity index (χ1) is 16.4. The van der Waals surface area contributed by atoms with Crippen LogP contribution in [0.5, 0.6) is 0 Å². The number of hydrogen-bond donors (Lipinski definition) is 3. The van der Waals surface area contributed by atoms with E-state index in [4.69, 9.17) is 5.73 Å². The van der Waals surface area contributed by atoms with Gasteiger partial charge in [-0.25, -0.2) is 13.8 Å². The van der Waals surface area contributed by atoms with Crippen LogP contribution in [0.1, 0.15) is 27.5 Å². The van der Waals surface area contributed by atoms with Crippen LogP contribution < -0.4 is 11.1 Å². The van der Waals surface area contributed by atoms with E-state index in [1.807, 2.05) is 6.07 Å². The van der Waals surface area contributed by atoms with Crippen molar-refractivity contribution in [2.75, 3.05) is 12.3 Å². The highest BCUT2D eigenvalue weighted by molar-refractivity contribution is 5.95. The number of halogens is 2. The number of rotatable bonds is 7. The van der Waals surface area contributed by atoms with E-state index in [1.165, 1.54) is 12.1 Å². The van der Waals surface area contributed by atoms with Crippen LogP contribution in [0.15, 0.2) is 67.0 Å². The summed E-state index contributed by atoms with van der Waals surface area (Å²) >= 11 is 0. The molecule has 0 saturated heterocycles. The molecule has 2 aromatic carbocycles. The Kier molecular flexibility index (Phi) is 6.65. The van der Waals surface area contributed by atoms with Crippen molar-refractivity contribution in [3.05, 3.63) is 89.5 Å². The van der Waals surface area contributed by atoms with Crippen LogP contribution in [0.3, 0.4) is 0 Å². The van der Waals surface area contributed by atoms with Gasteiger partial charge in [-0.2, -0.15) is 5.10 Å². The van der Waals surface area contributed by atoms with Gasteiger partial charge in [0.15, 0.2) is 0 Å². The number of benzene rings is 2. The Balaban J connectivity index is 1.60. The predicted molar refractivity (Wildman–Crippen MR) is 125 cm³/mol. The summed E-state index contributed by atoms with van der Waals surface area (Å²) in [7, 11) is 1.80. The molecule has 1 amide bonds. The Morgan fingerprint density at radius 1 is 1.18 bits per heavy atom. The van der Waals surface area contributed by atoms with Gasteiger partial charge in [-0.15, -0.1) is 0 Å². The fourth-order valence-electron chi connectivity index (χ4n) is 3.73. The number of nitrogens with zero attached hydrogens (tertiary/aromatic N) is 3. The number of hydrogen-bond acceptors (Lipinski definition) is 5.